The van der Waals surface area contributed by atoms with Crippen molar-refractivity contribution in [2.24, 2.45) is 0 Å². The monoisotopic (exact) mass is 295 g/mol. The SMILES string of the molecule is CCCCC[C@H](O)/C=C/C=C\CCCCCCCC(=O)[O-]. The summed E-state index contributed by atoms with van der Waals surface area (Å²) >= 11 is 0. The third-order valence-electron chi connectivity index (χ3n) is 3.44. The van der Waals surface area contributed by atoms with Crippen molar-refractivity contribution in [1.29, 1.82) is 0 Å². The summed E-state index contributed by atoms with van der Waals surface area (Å²) in [5.41, 5.74) is 0. The molecule has 0 fully saturated rings. The topological polar surface area (TPSA) is 60.4 Å². The van der Waals surface area contributed by atoms with Gasteiger partial charge in [-0.25, -0.2) is 0 Å². The van der Waals surface area contributed by atoms with E-state index >= 15 is 0 Å². The van der Waals surface area contributed by atoms with Gasteiger partial charge in [-0.2, -0.15) is 0 Å². The smallest absolute Gasteiger partial charge is 0.0723 e. The highest BCUT2D eigenvalue weighted by Gasteiger charge is 1.96. The Balaban J connectivity index is 3.37. The number of aliphatic hydroxyl groups is 1. The molecule has 0 aromatic heterocycles. The van der Waals surface area contributed by atoms with Crippen LogP contribution in [0.4, 0.5) is 0 Å². The van der Waals surface area contributed by atoms with Crippen molar-refractivity contribution >= 4 is 5.97 Å². The molecule has 0 bridgehead atoms. The molecule has 1 N–H and O–H groups in total. The molecule has 0 amide bonds. The summed E-state index contributed by atoms with van der Waals surface area (Å²) < 4.78 is 0. The fourth-order valence-electron chi connectivity index (χ4n) is 2.13. The van der Waals surface area contributed by atoms with Gasteiger partial charge in [0.15, 0.2) is 0 Å². The van der Waals surface area contributed by atoms with Crippen molar-refractivity contribution in [1.82, 2.24) is 0 Å². The second kappa shape index (κ2) is 15.3. The standard InChI is InChI=1S/C18H32O3/c1-2-3-11-14-17(19)15-12-9-7-5-4-6-8-10-13-16-18(20)21/h7,9,12,15,17,19H,2-6,8,10-11,13-14,16H2,1H3,(H,20,21)/p-1/b9-7-,15-12+/t17-/m0/s1. The van der Waals surface area contributed by atoms with Crippen molar-refractivity contribution in [2.75, 3.05) is 0 Å². The first-order valence-electron chi connectivity index (χ1n) is 8.38. The van der Waals surface area contributed by atoms with Gasteiger partial charge in [0.1, 0.15) is 0 Å². The van der Waals surface area contributed by atoms with Crippen molar-refractivity contribution in [2.45, 2.75) is 83.7 Å². The molecule has 1 atom stereocenters. The molecule has 0 rings (SSSR count). The van der Waals surface area contributed by atoms with Crippen LogP contribution < -0.4 is 5.11 Å². The number of allylic oxidation sites excluding steroid dienone is 3. The van der Waals surface area contributed by atoms with Crippen LogP contribution in [-0.4, -0.2) is 17.2 Å². The lowest BCUT2D eigenvalue weighted by Gasteiger charge is -2.03. The van der Waals surface area contributed by atoms with Gasteiger partial charge in [-0.1, -0.05) is 69.8 Å². The lowest BCUT2D eigenvalue weighted by atomic mass is 10.1. The van der Waals surface area contributed by atoms with E-state index in [1.165, 1.54) is 12.8 Å². The number of carbonyl (C=O) groups is 1. The fourth-order valence-corrected chi connectivity index (χ4v) is 2.13. The van der Waals surface area contributed by atoms with E-state index in [1.54, 1.807) is 0 Å². The molecule has 0 unspecified atom stereocenters. The summed E-state index contributed by atoms with van der Waals surface area (Å²) in [4.78, 5) is 10.2. The van der Waals surface area contributed by atoms with E-state index in [4.69, 9.17) is 0 Å². The fraction of sp³-hybridized carbons (Fsp3) is 0.722. The van der Waals surface area contributed by atoms with Gasteiger partial charge in [0.2, 0.25) is 0 Å². The van der Waals surface area contributed by atoms with E-state index in [2.05, 4.69) is 13.0 Å². The molecule has 21 heavy (non-hydrogen) atoms. The molecule has 0 aromatic rings. The van der Waals surface area contributed by atoms with Crippen LogP contribution in [0, 0.1) is 0 Å². The quantitative estimate of drug-likeness (QED) is 0.394. The maximum absolute atomic E-state index is 10.2. The molecule has 0 aliphatic carbocycles. The number of unbranched alkanes of at least 4 members (excludes halogenated alkanes) is 7. The van der Waals surface area contributed by atoms with Gasteiger partial charge in [0.05, 0.1) is 6.10 Å². The number of aliphatic carboxylic acids is 1. The minimum absolute atomic E-state index is 0.186. The predicted octanol–water partition coefficient (Wildman–Crippen LogP) is 3.52. The summed E-state index contributed by atoms with van der Waals surface area (Å²) in [5.74, 6) is -0.943. The lowest BCUT2D eigenvalue weighted by molar-refractivity contribution is -0.305. The van der Waals surface area contributed by atoms with E-state index in [0.29, 0.717) is 0 Å². The number of carbonyl (C=O) groups excluding carboxylic acids is 1. The number of carboxylic acids is 1. The Morgan fingerprint density at radius 2 is 1.76 bits per heavy atom. The average molecular weight is 295 g/mol. The zero-order chi connectivity index (χ0) is 15.8. The molecule has 0 heterocycles. The first-order valence-corrected chi connectivity index (χ1v) is 8.38. The minimum Gasteiger partial charge on any atom is -0.550 e. The maximum atomic E-state index is 10.2. The Bertz CT molecular complexity index is 295. The Morgan fingerprint density at radius 1 is 1.05 bits per heavy atom. The Labute approximate surface area is 129 Å². The molecule has 0 aliphatic rings. The zero-order valence-electron chi connectivity index (χ0n) is 13.4. The van der Waals surface area contributed by atoms with Gasteiger partial charge in [-0.3, -0.25) is 0 Å². The van der Waals surface area contributed by atoms with E-state index in [0.717, 1.165) is 51.4 Å². The van der Waals surface area contributed by atoms with Crippen molar-refractivity contribution in [3.8, 4) is 0 Å². The first-order chi connectivity index (χ1) is 10.2. The van der Waals surface area contributed by atoms with Crippen LogP contribution in [0.2, 0.25) is 0 Å². The lowest BCUT2D eigenvalue weighted by Crippen LogP contribution is -2.21. The highest BCUT2D eigenvalue weighted by molar-refractivity contribution is 5.63. The van der Waals surface area contributed by atoms with Crippen molar-refractivity contribution in [3.05, 3.63) is 24.3 Å². The highest BCUT2D eigenvalue weighted by atomic mass is 16.4. The molecule has 0 saturated heterocycles. The molecule has 122 valence electrons. The zero-order valence-corrected chi connectivity index (χ0v) is 13.4. The van der Waals surface area contributed by atoms with Gasteiger partial charge in [0.25, 0.3) is 0 Å². The van der Waals surface area contributed by atoms with E-state index in [9.17, 15) is 15.0 Å². The molecular weight excluding hydrogens is 264 g/mol. The van der Waals surface area contributed by atoms with Gasteiger partial charge < -0.3 is 15.0 Å². The molecule has 3 nitrogen and oxygen atoms in total. The molecule has 0 aromatic carbocycles. The highest BCUT2D eigenvalue weighted by Crippen LogP contribution is 2.07. The van der Waals surface area contributed by atoms with Gasteiger partial charge >= 0.3 is 0 Å². The second-order valence-electron chi connectivity index (χ2n) is 5.55. The number of rotatable bonds is 14. The molecule has 0 saturated carbocycles. The first kappa shape index (κ1) is 19.9. The van der Waals surface area contributed by atoms with Crippen LogP contribution in [0.1, 0.15) is 77.6 Å². The Hall–Kier alpha value is -1.09. The van der Waals surface area contributed by atoms with Crippen LogP contribution in [-0.2, 0) is 4.79 Å². The van der Waals surface area contributed by atoms with Crippen LogP contribution >= 0.6 is 0 Å². The third kappa shape index (κ3) is 16.9. The molecular formula is C18H31O3-. The summed E-state index contributed by atoms with van der Waals surface area (Å²) in [5, 5.41) is 19.9. The summed E-state index contributed by atoms with van der Waals surface area (Å²) in [6.07, 6.45) is 18.2. The van der Waals surface area contributed by atoms with Crippen LogP contribution in [0.25, 0.3) is 0 Å². The van der Waals surface area contributed by atoms with Gasteiger partial charge in [-0.05, 0) is 32.1 Å². The third-order valence-corrected chi connectivity index (χ3v) is 3.44. The van der Waals surface area contributed by atoms with E-state index in [-0.39, 0.29) is 12.5 Å². The van der Waals surface area contributed by atoms with Crippen LogP contribution in [0.15, 0.2) is 24.3 Å². The summed E-state index contributed by atoms with van der Waals surface area (Å²) in [6, 6.07) is 0. The minimum atomic E-state index is -0.943. The van der Waals surface area contributed by atoms with Crippen molar-refractivity contribution < 1.29 is 15.0 Å². The molecule has 0 radical (unpaired) electrons. The molecule has 0 spiro atoms. The maximum Gasteiger partial charge on any atom is 0.0723 e. The number of carboxylic acid groups (broad SMARTS) is 1. The van der Waals surface area contributed by atoms with Gasteiger partial charge in [0, 0.05) is 5.97 Å². The van der Waals surface area contributed by atoms with E-state index < -0.39 is 5.97 Å². The predicted molar refractivity (Wildman–Crippen MR) is 85.8 cm³/mol. The molecule has 0 aliphatic heterocycles. The average Bonchev–Trinajstić information content (AvgIpc) is 2.44. The number of hydrogen-bond acceptors (Lipinski definition) is 3. The molecule has 3 heteroatoms. The van der Waals surface area contributed by atoms with E-state index in [1.807, 2.05) is 18.2 Å². The normalized spacial score (nSPS) is 13.2. The summed E-state index contributed by atoms with van der Waals surface area (Å²) in [7, 11) is 0. The van der Waals surface area contributed by atoms with Crippen LogP contribution in [0.5, 0.6) is 0 Å². The van der Waals surface area contributed by atoms with Crippen LogP contribution in [0.3, 0.4) is 0 Å². The summed E-state index contributed by atoms with van der Waals surface area (Å²) in [6.45, 7) is 2.16. The number of aliphatic hydroxyl groups excluding tert-OH is 1. The Kier molecular flexibility index (Phi) is 14.5. The van der Waals surface area contributed by atoms with Gasteiger partial charge in [-0.15, -0.1) is 0 Å². The number of hydrogen-bond donors (Lipinski definition) is 1. The second-order valence-corrected chi connectivity index (χ2v) is 5.55. The largest absolute Gasteiger partial charge is 0.550 e. The van der Waals surface area contributed by atoms with Crippen molar-refractivity contribution in [3.63, 3.8) is 0 Å². The Morgan fingerprint density at radius 3 is 2.48 bits per heavy atom.